The summed E-state index contributed by atoms with van der Waals surface area (Å²) in [6.45, 7) is 3.30. The molecule has 0 radical (unpaired) electrons. The van der Waals surface area contributed by atoms with Gasteiger partial charge in [0.1, 0.15) is 6.61 Å². The van der Waals surface area contributed by atoms with Crippen molar-refractivity contribution in [2.75, 3.05) is 19.7 Å². The van der Waals surface area contributed by atoms with Gasteiger partial charge >= 0.3 is 12.1 Å². The second-order valence-electron chi connectivity index (χ2n) is 9.36. The van der Waals surface area contributed by atoms with Gasteiger partial charge in [-0.25, -0.2) is 4.79 Å². The number of benzene rings is 2. The Kier molecular flexibility index (Phi) is 7.50. The van der Waals surface area contributed by atoms with Gasteiger partial charge in [-0.05, 0) is 54.4 Å². The fraction of sp³-hybridized carbons (Fsp3) is 0.444. The summed E-state index contributed by atoms with van der Waals surface area (Å²) in [7, 11) is 0. The molecule has 0 aromatic heterocycles. The van der Waals surface area contributed by atoms with Gasteiger partial charge < -0.3 is 20.1 Å². The molecule has 2 atom stereocenters. The molecular formula is C27H32N2O5. The maximum Gasteiger partial charge on any atom is 0.407 e. The number of hydrogen-bond donors (Lipinski definition) is 2. The quantitative estimate of drug-likeness (QED) is 0.603. The summed E-state index contributed by atoms with van der Waals surface area (Å²) in [5.74, 6) is -0.610. The van der Waals surface area contributed by atoms with Crippen LogP contribution >= 0.6 is 0 Å². The first kappa shape index (κ1) is 23.8. The lowest BCUT2D eigenvalue weighted by atomic mass is 9.93. The van der Waals surface area contributed by atoms with Gasteiger partial charge in [0.15, 0.2) is 0 Å². The van der Waals surface area contributed by atoms with E-state index in [9.17, 15) is 14.4 Å². The maximum atomic E-state index is 12.7. The third-order valence-electron chi connectivity index (χ3n) is 6.83. The van der Waals surface area contributed by atoms with E-state index in [1.54, 1.807) is 11.8 Å². The number of hydrogen-bond acceptors (Lipinski definition) is 4. The van der Waals surface area contributed by atoms with Gasteiger partial charge in [0.2, 0.25) is 5.91 Å². The number of piperidine rings is 1. The highest BCUT2D eigenvalue weighted by Crippen LogP contribution is 2.44. The molecule has 1 fully saturated rings. The third-order valence-corrected chi connectivity index (χ3v) is 6.83. The summed E-state index contributed by atoms with van der Waals surface area (Å²) < 4.78 is 5.58. The maximum absolute atomic E-state index is 12.7. The number of likely N-dealkylation sites (tertiary alicyclic amines) is 1. The molecule has 1 heterocycles. The van der Waals surface area contributed by atoms with E-state index in [2.05, 4.69) is 29.6 Å². The molecule has 1 aliphatic heterocycles. The number of nitrogens with zero attached hydrogens (tertiary/aromatic N) is 1. The molecule has 2 aliphatic rings. The van der Waals surface area contributed by atoms with Crippen molar-refractivity contribution in [1.29, 1.82) is 0 Å². The minimum absolute atomic E-state index is 0.00817. The Morgan fingerprint density at radius 3 is 2.38 bits per heavy atom. The van der Waals surface area contributed by atoms with Crippen molar-refractivity contribution < 1.29 is 24.2 Å². The van der Waals surface area contributed by atoms with Gasteiger partial charge in [-0.3, -0.25) is 9.59 Å². The van der Waals surface area contributed by atoms with Crippen molar-refractivity contribution in [3.63, 3.8) is 0 Å². The first-order valence-corrected chi connectivity index (χ1v) is 12.0. The van der Waals surface area contributed by atoms with Crippen LogP contribution in [0.15, 0.2) is 48.5 Å². The smallest absolute Gasteiger partial charge is 0.407 e. The Labute approximate surface area is 200 Å². The number of carboxylic acid groups (broad SMARTS) is 1. The number of amides is 2. The zero-order valence-corrected chi connectivity index (χ0v) is 19.5. The highest BCUT2D eigenvalue weighted by molar-refractivity contribution is 5.79. The number of fused-ring (bicyclic) bond motifs is 3. The number of aliphatic carboxylic acids is 1. The van der Waals surface area contributed by atoms with E-state index in [1.807, 2.05) is 24.3 Å². The van der Waals surface area contributed by atoms with Crippen molar-refractivity contribution >= 4 is 18.0 Å². The minimum atomic E-state index is -0.802. The highest BCUT2D eigenvalue weighted by atomic mass is 16.5. The highest BCUT2D eigenvalue weighted by Gasteiger charge is 2.29. The van der Waals surface area contributed by atoms with E-state index in [0.29, 0.717) is 19.5 Å². The van der Waals surface area contributed by atoms with Gasteiger partial charge in [-0.2, -0.15) is 0 Å². The molecule has 7 nitrogen and oxygen atoms in total. The second-order valence-corrected chi connectivity index (χ2v) is 9.36. The molecule has 4 rings (SSSR count). The molecule has 2 amide bonds. The van der Waals surface area contributed by atoms with Crippen molar-refractivity contribution in [1.82, 2.24) is 10.2 Å². The van der Waals surface area contributed by atoms with Gasteiger partial charge in [-0.15, -0.1) is 0 Å². The predicted octanol–water partition coefficient (Wildman–Crippen LogP) is 4.41. The topological polar surface area (TPSA) is 95.9 Å². The van der Waals surface area contributed by atoms with Crippen molar-refractivity contribution in [3.8, 4) is 11.1 Å². The van der Waals surface area contributed by atoms with E-state index < -0.39 is 12.1 Å². The van der Waals surface area contributed by atoms with Crippen molar-refractivity contribution in [2.24, 2.45) is 5.92 Å². The predicted molar refractivity (Wildman–Crippen MR) is 128 cm³/mol. The SMILES string of the molecule is C[C@H](CC(=O)N1CCCC(CCC(=O)O)C1)NC(=O)OCC1c2ccccc2-c2ccccc21. The van der Waals surface area contributed by atoms with Crippen LogP contribution in [0.4, 0.5) is 4.79 Å². The number of carboxylic acids is 1. The van der Waals surface area contributed by atoms with Crippen LogP contribution in [0.1, 0.15) is 56.1 Å². The van der Waals surface area contributed by atoms with E-state index in [-0.39, 0.29) is 43.2 Å². The van der Waals surface area contributed by atoms with E-state index >= 15 is 0 Å². The Morgan fingerprint density at radius 2 is 1.74 bits per heavy atom. The summed E-state index contributed by atoms with van der Waals surface area (Å²) in [5.41, 5.74) is 4.66. The standard InChI is InChI=1S/C27H32N2O5/c1-18(15-25(30)29-14-6-7-19(16-29)12-13-26(31)32)28-27(33)34-17-24-22-10-4-2-8-20(22)21-9-3-5-11-23(21)24/h2-5,8-11,18-19,24H,6-7,12-17H2,1H3,(H,28,33)(H,31,32)/t18-,19?/m1/s1. The molecule has 1 unspecified atom stereocenters. The Bertz CT molecular complexity index is 1010. The molecule has 2 aromatic carbocycles. The summed E-state index contributed by atoms with van der Waals surface area (Å²) >= 11 is 0. The molecular weight excluding hydrogens is 432 g/mol. The molecule has 34 heavy (non-hydrogen) atoms. The normalized spacial score (nSPS) is 18.0. The molecule has 180 valence electrons. The van der Waals surface area contributed by atoms with Crippen molar-refractivity contribution in [3.05, 3.63) is 59.7 Å². The second kappa shape index (κ2) is 10.7. The fourth-order valence-electron chi connectivity index (χ4n) is 5.14. The van der Waals surface area contributed by atoms with Crippen LogP contribution < -0.4 is 5.32 Å². The molecule has 2 N–H and O–H groups in total. The van der Waals surface area contributed by atoms with Gasteiger partial charge in [0.05, 0.1) is 0 Å². The number of ether oxygens (including phenoxy) is 1. The van der Waals surface area contributed by atoms with E-state index in [0.717, 1.165) is 24.0 Å². The van der Waals surface area contributed by atoms with Crippen LogP contribution in [0.25, 0.3) is 11.1 Å². The first-order valence-electron chi connectivity index (χ1n) is 12.0. The number of alkyl carbamates (subject to hydrolysis) is 1. The van der Waals surface area contributed by atoms with Gasteiger partial charge in [-0.1, -0.05) is 48.5 Å². The van der Waals surface area contributed by atoms with Gasteiger partial charge in [0.25, 0.3) is 0 Å². The van der Waals surface area contributed by atoms with Crippen LogP contribution in [0.5, 0.6) is 0 Å². The molecule has 0 bridgehead atoms. The van der Waals surface area contributed by atoms with E-state index in [4.69, 9.17) is 9.84 Å². The Morgan fingerprint density at radius 1 is 1.09 bits per heavy atom. The molecule has 1 aliphatic carbocycles. The van der Waals surface area contributed by atoms with Crippen LogP contribution in [0.2, 0.25) is 0 Å². The average Bonchev–Trinajstić information content (AvgIpc) is 3.15. The summed E-state index contributed by atoms with van der Waals surface area (Å²) in [5, 5.41) is 11.7. The molecule has 0 spiro atoms. The number of carbonyl (C=O) groups excluding carboxylic acids is 2. The van der Waals surface area contributed by atoms with Crippen molar-refractivity contribution in [2.45, 2.75) is 51.0 Å². The Balaban J connectivity index is 1.26. The average molecular weight is 465 g/mol. The van der Waals surface area contributed by atoms with E-state index in [1.165, 1.54) is 11.1 Å². The molecule has 1 saturated heterocycles. The summed E-state index contributed by atoms with van der Waals surface area (Å²) in [6.07, 6.45) is 2.21. The summed E-state index contributed by atoms with van der Waals surface area (Å²) in [4.78, 5) is 37.8. The minimum Gasteiger partial charge on any atom is -0.481 e. The monoisotopic (exact) mass is 464 g/mol. The third kappa shape index (κ3) is 5.58. The number of rotatable bonds is 8. The van der Waals surface area contributed by atoms with Crippen LogP contribution in [0.3, 0.4) is 0 Å². The first-order chi connectivity index (χ1) is 16.4. The lowest BCUT2D eigenvalue weighted by molar-refractivity contribution is -0.137. The van der Waals surface area contributed by atoms with Crippen LogP contribution in [-0.4, -0.2) is 53.7 Å². The summed E-state index contributed by atoms with van der Waals surface area (Å²) in [6, 6.07) is 16.0. The number of nitrogens with one attached hydrogen (secondary N) is 1. The molecule has 0 saturated carbocycles. The lowest BCUT2D eigenvalue weighted by Crippen LogP contribution is -2.43. The van der Waals surface area contributed by atoms with Gasteiger partial charge in [0, 0.05) is 37.9 Å². The molecule has 7 heteroatoms. The zero-order valence-electron chi connectivity index (χ0n) is 19.5. The fourth-order valence-corrected chi connectivity index (χ4v) is 5.14. The Hall–Kier alpha value is -3.35. The lowest BCUT2D eigenvalue weighted by Gasteiger charge is -2.33. The zero-order chi connectivity index (χ0) is 24.1. The van der Waals surface area contributed by atoms with Crippen LogP contribution in [-0.2, 0) is 14.3 Å². The van der Waals surface area contributed by atoms with Crippen LogP contribution in [0, 0.1) is 5.92 Å². The number of carbonyl (C=O) groups is 3. The molecule has 2 aromatic rings. The largest absolute Gasteiger partial charge is 0.481 e.